The van der Waals surface area contributed by atoms with Crippen molar-refractivity contribution in [2.24, 2.45) is 11.3 Å². The van der Waals surface area contributed by atoms with Crippen LogP contribution in [0.5, 0.6) is 5.75 Å². The molecule has 0 bridgehead atoms. The van der Waals surface area contributed by atoms with Crippen molar-refractivity contribution in [1.29, 1.82) is 0 Å². The van der Waals surface area contributed by atoms with Crippen molar-refractivity contribution in [2.75, 3.05) is 13.7 Å². The monoisotopic (exact) mass is 298 g/mol. The molecule has 4 atom stereocenters. The van der Waals surface area contributed by atoms with Crippen molar-refractivity contribution in [3.05, 3.63) is 41.0 Å². The molecule has 4 rings (SSSR count). The summed E-state index contributed by atoms with van der Waals surface area (Å²) < 4.78 is 11.7. The lowest BCUT2D eigenvalue weighted by molar-refractivity contribution is -0.0331. The molecule has 2 nitrogen and oxygen atoms in total. The number of benzene rings is 1. The lowest BCUT2D eigenvalue weighted by atomic mass is 9.57. The van der Waals surface area contributed by atoms with Crippen LogP contribution < -0.4 is 4.74 Å². The Labute approximate surface area is 133 Å². The minimum absolute atomic E-state index is 0.278. The van der Waals surface area contributed by atoms with Crippen LogP contribution in [0.15, 0.2) is 29.8 Å². The lowest BCUT2D eigenvalue weighted by Crippen LogP contribution is -2.44. The Morgan fingerprint density at radius 3 is 2.95 bits per heavy atom. The molecule has 1 aromatic rings. The van der Waals surface area contributed by atoms with Gasteiger partial charge in [-0.05, 0) is 73.3 Å². The predicted octanol–water partition coefficient (Wildman–Crippen LogP) is 4.49. The summed E-state index contributed by atoms with van der Waals surface area (Å²) >= 11 is 0. The first-order valence-corrected chi connectivity index (χ1v) is 8.61. The highest BCUT2D eigenvalue weighted by atomic mass is 16.5. The second kappa shape index (κ2) is 5.13. The largest absolute Gasteiger partial charge is 0.497 e. The van der Waals surface area contributed by atoms with Gasteiger partial charge in [-0.15, -0.1) is 0 Å². The van der Waals surface area contributed by atoms with E-state index in [9.17, 15) is 0 Å². The van der Waals surface area contributed by atoms with Gasteiger partial charge in [0.1, 0.15) is 5.75 Å². The first-order chi connectivity index (χ1) is 10.7. The van der Waals surface area contributed by atoms with Gasteiger partial charge in [-0.3, -0.25) is 0 Å². The molecule has 1 aromatic carbocycles. The van der Waals surface area contributed by atoms with Crippen LogP contribution in [-0.4, -0.2) is 19.8 Å². The van der Waals surface area contributed by atoms with E-state index in [1.807, 2.05) is 0 Å². The second-order valence-corrected chi connectivity index (χ2v) is 7.38. The fourth-order valence-corrected chi connectivity index (χ4v) is 5.25. The number of fused-ring (bicyclic) bond motifs is 5. The van der Waals surface area contributed by atoms with Gasteiger partial charge in [0, 0.05) is 5.41 Å². The highest BCUT2D eigenvalue weighted by Crippen LogP contribution is 2.57. The van der Waals surface area contributed by atoms with Crippen molar-refractivity contribution in [2.45, 2.75) is 51.6 Å². The highest BCUT2D eigenvalue weighted by molar-refractivity contribution is 5.41. The van der Waals surface area contributed by atoms with E-state index in [0.717, 1.165) is 18.8 Å². The van der Waals surface area contributed by atoms with Crippen LogP contribution >= 0.6 is 0 Å². The normalized spacial score (nSPS) is 38.3. The number of hydrogen-bond acceptors (Lipinski definition) is 2. The van der Waals surface area contributed by atoms with E-state index in [4.69, 9.17) is 9.47 Å². The minimum Gasteiger partial charge on any atom is -0.497 e. The van der Waals surface area contributed by atoms with Crippen molar-refractivity contribution < 1.29 is 9.47 Å². The van der Waals surface area contributed by atoms with Crippen LogP contribution in [0.1, 0.15) is 50.2 Å². The summed E-state index contributed by atoms with van der Waals surface area (Å²) in [7, 11) is 1.75. The van der Waals surface area contributed by atoms with Crippen molar-refractivity contribution in [1.82, 2.24) is 0 Å². The second-order valence-electron chi connectivity index (χ2n) is 7.38. The molecule has 1 aliphatic heterocycles. The molecule has 1 heterocycles. The van der Waals surface area contributed by atoms with E-state index in [2.05, 4.69) is 38.1 Å². The summed E-state index contributed by atoms with van der Waals surface area (Å²) in [6, 6.07) is 6.67. The summed E-state index contributed by atoms with van der Waals surface area (Å²) in [5.41, 5.74) is 4.85. The highest BCUT2D eigenvalue weighted by Gasteiger charge is 2.53. The smallest absolute Gasteiger partial charge is 0.119 e. The van der Waals surface area contributed by atoms with Gasteiger partial charge in [-0.25, -0.2) is 0 Å². The van der Waals surface area contributed by atoms with Crippen LogP contribution in [0.4, 0.5) is 0 Å². The number of rotatable bonds is 1. The van der Waals surface area contributed by atoms with E-state index in [1.54, 1.807) is 12.7 Å². The maximum atomic E-state index is 6.30. The average Bonchev–Trinajstić information content (AvgIpc) is 2.90. The zero-order chi connectivity index (χ0) is 15.3. The van der Waals surface area contributed by atoms with Gasteiger partial charge in [-0.1, -0.05) is 19.1 Å². The third kappa shape index (κ3) is 1.89. The van der Waals surface area contributed by atoms with Crippen molar-refractivity contribution in [3.8, 4) is 5.75 Å². The van der Waals surface area contributed by atoms with Gasteiger partial charge in [0.15, 0.2) is 0 Å². The molecule has 1 saturated heterocycles. The van der Waals surface area contributed by atoms with Gasteiger partial charge in [0.25, 0.3) is 0 Å². The van der Waals surface area contributed by atoms with Crippen molar-refractivity contribution >= 4 is 0 Å². The molecule has 0 radical (unpaired) electrons. The Morgan fingerprint density at radius 1 is 1.32 bits per heavy atom. The first-order valence-electron chi connectivity index (χ1n) is 8.61. The number of aryl methyl sites for hydroxylation is 1. The Bertz CT molecular complexity index is 618. The number of methoxy groups -OCH3 is 1. The van der Waals surface area contributed by atoms with E-state index in [1.165, 1.54) is 30.4 Å². The Morgan fingerprint density at radius 2 is 2.18 bits per heavy atom. The topological polar surface area (TPSA) is 18.5 Å². The lowest BCUT2D eigenvalue weighted by Gasteiger charge is -2.48. The molecule has 0 spiro atoms. The fourth-order valence-electron chi connectivity index (χ4n) is 5.25. The van der Waals surface area contributed by atoms with Crippen LogP contribution in [0.2, 0.25) is 0 Å². The molecule has 2 aliphatic carbocycles. The van der Waals surface area contributed by atoms with Crippen LogP contribution in [0.25, 0.3) is 0 Å². The van der Waals surface area contributed by atoms with E-state index in [-0.39, 0.29) is 5.41 Å². The third-order valence-electron chi connectivity index (χ3n) is 6.51. The summed E-state index contributed by atoms with van der Waals surface area (Å²) in [6.45, 7) is 5.44. The SMILES string of the molecule is C/C=C1\CO[C@H]2[C@@H]3CCc4cc(OC)ccc4[C@H]3CC[C@]12C. The van der Waals surface area contributed by atoms with E-state index < -0.39 is 0 Å². The molecule has 1 saturated carbocycles. The Kier molecular flexibility index (Phi) is 3.34. The van der Waals surface area contributed by atoms with Crippen LogP contribution in [0.3, 0.4) is 0 Å². The Hall–Kier alpha value is -1.28. The average molecular weight is 298 g/mol. The predicted molar refractivity (Wildman–Crippen MR) is 88.4 cm³/mol. The Balaban J connectivity index is 1.69. The van der Waals surface area contributed by atoms with Crippen molar-refractivity contribution in [3.63, 3.8) is 0 Å². The summed E-state index contributed by atoms with van der Waals surface area (Å²) in [6.07, 6.45) is 7.66. The minimum atomic E-state index is 0.278. The van der Waals surface area contributed by atoms with Crippen LogP contribution in [-0.2, 0) is 11.2 Å². The van der Waals surface area contributed by atoms with Gasteiger partial charge in [0.05, 0.1) is 19.8 Å². The zero-order valence-electron chi connectivity index (χ0n) is 13.9. The number of hydrogen-bond donors (Lipinski definition) is 0. The number of ether oxygens (including phenoxy) is 2. The maximum Gasteiger partial charge on any atom is 0.119 e. The summed E-state index contributed by atoms with van der Waals surface area (Å²) in [5, 5.41) is 0. The van der Waals surface area contributed by atoms with E-state index in [0.29, 0.717) is 17.9 Å². The zero-order valence-corrected chi connectivity index (χ0v) is 13.9. The molecule has 0 amide bonds. The van der Waals surface area contributed by atoms with Gasteiger partial charge in [0.2, 0.25) is 0 Å². The summed E-state index contributed by atoms with van der Waals surface area (Å²) in [4.78, 5) is 0. The molecular formula is C20H26O2. The molecule has 118 valence electrons. The van der Waals surface area contributed by atoms with E-state index >= 15 is 0 Å². The third-order valence-corrected chi connectivity index (χ3v) is 6.51. The standard InChI is InChI=1S/C20H26O2/c1-4-14-12-22-19-18-7-5-13-11-15(21-3)6-8-16(13)17(18)9-10-20(14,19)2/h4,6,8,11,17-19H,5,7,9-10,12H2,1-3H3/b14-4+/t17-,18-,19+,20-/m1/s1. The van der Waals surface area contributed by atoms with Gasteiger partial charge < -0.3 is 9.47 Å². The molecule has 0 aromatic heterocycles. The molecular weight excluding hydrogens is 272 g/mol. The van der Waals surface area contributed by atoms with Gasteiger partial charge >= 0.3 is 0 Å². The molecule has 2 fully saturated rings. The molecule has 2 heteroatoms. The quantitative estimate of drug-likeness (QED) is 0.711. The molecule has 3 aliphatic rings. The number of allylic oxidation sites excluding steroid dienone is 1. The molecule has 0 N–H and O–H groups in total. The van der Waals surface area contributed by atoms with Crippen LogP contribution in [0, 0.1) is 11.3 Å². The molecule has 0 unspecified atom stereocenters. The fraction of sp³-hybridized carbons (Fsp3) is 0.600. The van der Waals surface area contributed by atoms with Gasteiger partial charge in [-0.2, -0.15) is 0 Å². The summed E-state index contributed by atoms with van der Waals surface area (Å²) in [5.74, 6) is 2.34. The molecule has 22 heavy (non-hydrogen) atoms. The maximum absolute atomic E-state index is 6.30. The first kappa shape index (κ1) is 14.3.